The van der Waals surface area contributed by atoms with E-state index in [4.69, 9.17) is 11.2 Å². The molecule has 1 aromatic heterocycles. The van der Waals surface area contributed by atoms with E-state index in [1.165, 1.54) is 0 Å². The molecule has 0 aliphatic rings. The second-order valence-corrected chi connectivity index (χ2v) is 2.65. The molecule has 56 valence electrons. The number of pyridine rings is 1. The quantitative estimate of drug-likeness (QED) is 0.698. The molecule has 2 nitrogen and oxygen atoms in total. The summed E-state index contributed by atoms with van der Waals surface area (Å²) in [6.07, 6.45) is 8.33. The molecule has 0 radical (unpaired) electrons. The van der Waals surface area contributed by atoms with Gasteiger partial charge in [0.15, 0.2) is 0 Å². The van der Waals surface area contributed by atoms with Crippen LogP contribution >= 0.6 is 15.9 Å². The molecule has 1 heterocycles. The van der Waals surface area contributed by atoms with E-state index in [9.17, 15) is 0 Å². The second-order valence-electron chi connectivity index (χ2n) is 1.80. The minimum absolute atomic E-state index is 0.280. The normalized spacial score (nSPS) is 8.73. The molecule has 0 saturated carbocycles. The van der Waals surface area contributed by atoms with Crippen LogP contribution in [0.25, 0.3) is 0 Å². The van der Waals surface area contributed by atoms with Crippen molar-refractivity contribution in [3.8, 4) is 18.1 Å². The molecule has 0 aliphatic heterocycles. The van der Waals surface area contributed by atoms with Gasteiger partial charge in [0.25, 0.3) is 0 Å². The lowest BCUT2D eigenvalue weighted by Crippen LogP contribution is -1.93. The van der Waals surface area contributed by atoms with E-state index in [1.807, 2.05) is 0 Å². The van der Waals surface area contributed by atoms with Crippen molar-refractivity contribution in [2.24, 2.45) is 0 Å². The first-order valence-electron chi connectivity index (χ1n) is 3.00. The minimum atomic E-state index is 0.280. The van der Waals surface area contributed by atoms with Crippen LogP contribution in [0.15, 0.2) is 22.9 Å². The second kappa shape index (κ2) is 3.99. The average Bonchev–Trinajstić information content (AvgIpc) is 2.03. The van der Waals surface area contributed by atoms with E-state index in [2.05, 4.69) is 26.8 Å². The fourth-order valence-electron chi connectivity index (χ4n) is 0.599. The van der Waals surface area contributed by atoms with Gasteiger partial charge in [-0.3, -0.25) is 4.98 Å². The van der Waals surface area contributed by atoms with Gasteiger partial charge in [-0.1, -0.05) is 5.92 Å². The van der Waals surface area contributed by atoms with Crippen molar-refractivity contribution in [3.63, 3.8) is 0 Å². The Kier molecular flexibility index (Phi) is 2.94. The first kappa shape index (κ1) is 8.09. The molecule has 0 spiro atoms. The molecular weight excluding hydrogens is 206 g/mol. The van der Waals surface area contributed by atoms with E-state index in [-0.39, 0.29) is 6.61 Å². The van der Waals surface area contributed by atoms with Crippen LogP contribution in [-0.2, 0) is 0 Å². The summed E-state index contributed by atoms with van der Waals surface area (Å²) in [4.78, 5) is 3.87. The standard InChI is InChI=1S/C8H6BrNO/c1-2-5-11-8-3-4-10-6-7(8)9/h1,3-4,6H,5H2. The van der Waals surface area contributed by atoms with Crippen LogP contribution in [0.2, 0.25) is 0 Å². The smallest absolute Gasteiger partial charge is 0.148 e. The lowest BCUT2D eigenvalue weighted by atomic mass is 10.4. The summed E-state index contributed by atoms with van der Waals surface area (Å²) in [6, 6.07) is 1.75. The molecule has 0 fully saturated rings. The molecule has 11 heavy (non-hydrogen) atoms. The van der Waals surface area contributed by atoms with Crippen molar-refractivity contribution in [2.45, 2.75) is 0 Å². The maximum absolute atomic E-state index is 5.16. The molecule has 1 rings (SSSR count). The van der Waals surface area contributed by atoms with Crippen LogP contribution in [0.3, 0.4) is 0 Å². The summed E-state index contributed by atoms with van der Waals surface area (Å²) < 4.78 is 5.98. The van der Waals surface area contributed by atoms with Crippen molar-refractivity contribution in [1.29, 1.82) is 0 Å². The van der Waals surface area contributed by atoms with Gasteiger partial charge in [0.1, 0.15) is 12.4 Å². The first-order valence-corrected chi connectivity index (χ1v) is 3.79. The highest BCUT2D eigenvalue weighted by Crippen LogP contribution is 2.21. The topological polar surface area (TPSA) is 22.1 Å². The molecule has 0 aliphatic carbocycles. The van der Waals surface area contributed by atoms with Crippen molar-refractivity contribution < 1.29 is 4.74 Å². The molecule has 0 aromatic carbocycles. The molecule has 0 bridgehead atoms. The Bertz CT molecular complexity index is 280. The number of terminal acetylenes is 1. The third kappa shape index (κ3) is 2.24. The van der Waals surface area contributed by atoms with Gasteiger partial charge in [-0.2, -0.15) is 0 Å². The molecule has 0 saturated heterocycles. The SMILES string of the molecule is C#CCOc1ccncc1Br. The van der Waals surface area contributed by atoms with Crippen LogP contribution in [0.5, 0.6) is 5.75 Å². The van der Waals surface area contributed by atoms with Crippen molar-refractivity contribution >= 4 is 15.9 Å². The highest BCUT2D eigenvalue weighted by atomic mass is 79.9. The third-order valence-electron chi connectivity index (χ3n) is 1.05. The van der Waals surface area contributed by atoms with Crippen molar-refractivity contribution in [2.75, 3.05) is 6.61 Å². The zero-order chi connectivity index (χ0) is 8.10. The zero-order valence-electron chi connectivity index (χ0n) is 5.75. The number of nitrogens with zero attached hydrogens (tertiary/aromatic N) is 1. The Morgan fingerprint density at radius 2 is 2.55 bits per heavy atom. The molecular formula is C8H6BrNO. The highest BCUT2D eigenvalue weighted by molar-refractivity contribution is 9.10. The molecule has 0 unspecified atom stereocenters. The van der Waals surface area contributed by atoms with Gasteiger partial charge in [-0.25, -0.2) is 0 Å². The summed E-state index contributed by atoms with van der Waals surface area (Å²) in [6.45, 7) is 0.280. The van der Waals surface area contributed by atoms with Crippen molar-refractivity contribution in [3.05, 3.63) is 22.9 Å². The number of halogens is 1. The van der Waals surface area contributed by atoms with Gasteiger partial charge in [-0.05, 0) is 22.0 Å². The van der Waals surface area contributed by atoms with E-state index >= 15 is 0 Å². The Labute approximate surface area is 73.7 Å². The molecule has 0 amide bonds. The lowest BCUT2D eigenvalue weighted by Gasteiger charge is -2.02. The van der Waals surface area contributed by atoms with E-state index in [1.54, 1.807) is 18.5 Å². The summed E-state index contributed by atoms with van der Waals surface area (Å²) in [5.74, 6) is 3.10. The van der Waals surface area contributed by atoms with Gasteiger partial charge in [0.2, 0.25) is 0 Å². The van der Waals surface area contributed by atoms with E-state index < -0.39 is 0 Å². The summed E-state index contributed by atoms with van der Waals surface area (Å²) >= 11 is 3.27. The largest absolute Gasteiger partial charge is 0.480 e. The Hall–Kier alpha value is -1.01. The average molecular weight is 212 g/mol. The molecule has 3 heteroatoms. The number of aromatic nitrogens is 1. The van der Waals surface area contributed by atoms with Crippen LogP contribution in [0.4, 0.5) is 0 Å². The van der Waals surface area contributed by atoms with Crippen molar-refractivity contribution in [1.82, 2.24) is 4.98 Å². The van der Waals surface area contributed by atoms with Crippen LogP contribution in [0, 0.1) is 12.3 Å². The summed E-state index contributed by atoms with van der Waals surface area (Å²) in [5, 5.41) is 0. The van der Waals surface area contributed by atoms with Crippen LogP contribution < -0.4 is 4.74 Å². The fraction of sp³-hybridized carbons (Fsp3) is 0.125. The number of ether oxygens (including phenoxy) is 1. The Morgan fingerprint density at radius 3 is 3.18 bits per heavy atom. The first-order chi connectivity index (χ1) is 5.34. The predicted octanol–water partition coefficient (Wildman–Crippen LogP) is 1.86. The number of rotatable bonds is 2. The van der Waals surface area contributed by atoms with Gasteiger partial charge in [0.05, 0.1) is 4.47 Å². The Morgan fingerprint density at radius 1 is 1.73 bits per heavy atom. The van der Waals surface area contributed by atoms with E-state index in [0.29, 0.717) is 0 Å². The van der Waals surface area contributed by atoms with Crippen LogP contribution in [-0.4, -0.2) is 11.6 Å². The lowest BCUT2D eigenvalue weighted by molar-refractivity contribution is 0.367. The fourth-order valence-corrected chi connectivity index (χ4v) is 0.964. The van der Waals surface area contributed by atoms with Gasteiger partial charge < -0.3 is 4.74 Å². The maximum atomic E-state index is 5.16. The third-order valence-corrected chi connectivity index (χ3v) is 1.64. The molecule has 0 N–H and O–H groups in total. The summed E-state index contributed by atoms with van der Waals surface area (Å²) in [7, 11) is 0. The van der Waals surface area contributed by atoms with Gasteiger partial charge in [0, 0.05) is 12.4 Å². The monoisotopic (exact) mass is 211 g/mol. The van der Waals surface area contributed by atoms with E-state index in [0.717, 1.165) is 10.2 Å². The maximum Gasteiger partial charge on any atom is 0.148 e. The summed E-state index contributed by atoms with van der Waals surface area (Å²) in [5.41, 5.74) is 0. The molecule has 0 atom stereocenters. The van der Waals surface area contributed by atoms with Crippen LogP contribution in [0.1, 0.15) is 0 Å². The number of hydrogen-bond donors (Lipinski definition) is 0. The molecule has 1 aromatic rings. The predicted molar refractivity (Wildman–Crippen MR) is 46.3 cm³/mol. The minimum Gasteiger partial charge on any atom is -0.480 e. The highest BCUT2D eigenvalue weighted by Gasteiger charge is 1.96. The van der Waals surface area contributed by atoms with Gasteiger partial charge in [-0.15, -0.1) is 6.42 Å². The number of hydrogen-bond acceptors (Lipinski definition) is 2. The zero-order valence-corrected chi connectivity index (χ0v) is 7.34. The van der Waals surface area contributed by atoms with Gasteiger partial charge >= 0.3 is 0 Å². The Balaban J connectivity index is 2.71.